The summed E-state index contributed by atoms with van der Waals surface area (Å²) < 4.78 is 0. The molecule has 2 atom stereocenters. The van der Waals surface area contributed by atoms with Gasteiger partial charge in [0.05, 0.1) is 0 Å². The van der Waals surface area contributed by atoms with E-state index in [4.69, 9.17) is 0 Å². The average Bonchev–Trinajstić information content (AvgIpc) is 3.21. The quantitative estimate of drug-likeness (QED) is 0.809. The van der Waals surface area contributed by atoms with Crippen LogP contribution in [-0.4, -0.2) is 6.04 Å². The molecule has 2 heteroatoms. The molecule has 1 aromatic heterocycles. The van der Waals surface area contributed by atoms with E-state index in [0.717, 1.165) is 12.3 Å². The van der Waals surface area contributed by atoms with Gasteiger partial charge in [0.1, 0.15) is 0 Å². The van der Waals surface area contributed by atoms with Crippen molar-refractivity contribution in [1.29, 1.82) is 0 Å². The minimum Gasteiger partial charge on any atom is -0.307 e. The van der Waals surface area contributed by atoms with Crippen LogP contribution in [0, 0.1) is 12.8 Å². The van der Waals surface area contributed by atoms with Gasteiger partial charge < -0.3 is 5.32 Å². The molecular weight excluding hydrogens is 262 g/mol. The first kappa shape index (κ1) is 13.8. The molecule has 20 heavy (non-hydrogen) atoms. The maximum Gasteiger partial charge on any atom is 0.0351 e. The van der Waals surface area contributed by atoms with Crippen molar-refractivity contribution in [2.24, 2.45) is 5.92 Å². The lowest BCUT2D eigenvalue weighted by Crippen LogP contribution is -2.33. The molecule has 1 heterocycles. The van der Waals surface area contributed by atoms with Crippen molar-refractivity contribution in [3.05, 3.63) is 57.8 Å². The molecule has 0 amide bonds. The van der Waals surface area contributed by atoms with Gasteiger partial charge in [-0.3, -0.25) is 0 Å². The minimum absolute atomic E-state index is 0.527. The predicted octanol–water partition coefficient (Wildman–Crippen LogP) is 4.73. The third-order valence-corrected chi connectivity index (χ3v) is 5.04. The van der Waals surface area contributed by atoms with Crippen molar-refractivity contribution in [1.82, 2.24) is 5.32 Å². The number of hydrogen-bond donors (Lipinski definition) is 1. The third-order valence-electron chi connectivity index (χ3n) is 4.02. The van der Waals surface area contributed by atoms with E-state index >= 15 is 0 Å². The van der Waals surface area contributed by atoms with Gasteiger partial charge in [-0.25, -0.2) is 0 Å². The van der Waals surface area contributed by atoms with Gasteiger partial charge in [0.2, 0.25) is 0 Å². The van der Waals surface area contributed by atoms with Gasteiger partial charge in [-0.15, -0.1) is 11.3 Å². The Morgan fingerprint density at radius 3 is 2.50 bits per heavy atom. The van der Waals surface area contributed by atoms with Crippen molar-refractivity contribution < 1.29 is 0 Å². The first-order chi connectivity index (χ1) is 9.72. The van der Waals surface area contributed by atoms with Crippen LogP contribution >= 0.6 is 11.3 Å². The molecule has 0 saturated heterocycles. The Hall–Kier alpha value is -1.12. The summed E-state index contributed by atoms with van der Waals surface area (Å²) in [7, 11) is 0. The molecule has 0 bridgehead atoms. The second kappa shape index (κ2) is 6.11. The highest BCUT2D eigenvalue weighted by molar-refractivity contribution is 7.11. The van der Waals surface area contributed by atoms with E-state index in [1.807, 2.05) is 11.3 Å². The molecular formula is C18H23NS. The molecule has 3 rings (SSSR count). The second-order valence-corrected chi connectivity index (χ2v) is 7.38. The van der Waals surface area contributed by atoms with E-state index in [-0.39, 0.29) is 0 Å². The van der Waals surface area contributed by atoms with E-state index < -0.39 is 0 Å². The van der Waals surface area contributed by atoms with Gasteiger partial charge in [-0.2, -0.15) is 0 Å². The molecule has 0 radical (unpaired) electrons. The molecule has 106 valence electrons. The SMILES string of the molecule is Cc1ccc(CC(C)NC(c2ccccc2)C2CC2)s1. The summed E-state index contributed by atoms with van der Waals surface area (Å²) in [6.45, 7) is 4.50. The fourth-order valence-electron chi connectivity index (χ4n) is 2.86. The van der Waals surface area contributed by atoms with Crippen LogP contribution in [0.1, 0.15) is 41.1 Å². The molecule has 1 saturated carbocycles. The van der Waals surface area contributed by atoms with Gasteiger partial charge in [0, 0.05) is 21.8 Å². The summed E-state index contributed by atoms with van der Waals surface area (Å²) in [5.74, 6) is 0.838. The lowest BCUT2D eigenvalue weighted by Gasteiger charge is -2.23. The molecule has 1 aliphatic carbocycles. The van der Waals surface area contributed by atoms with Gasteiger partial charge in [-0.05, 0) is 56.7 Å². The molecule has 1 aliphatic rings. The van der Waals surface area contributed by atoms with Crippen molar-refractivity contribution in [3.8, 4) is 0 Å². The summed E-state index contributed by atoms with van der Waals surface area (Å²) >= 11 is 1.92. The van der Waals surface area contributed by atoms with Crippen LogP contribution in [0.2, 0.25) is 0 Å². The Labute approximate surface area is 126 Å². The highest BCUT2D eigenvalue weighted by Gasteiger charge is 2.32. The molecule has 2 aromatic rings. The number of thiophene rings is 1. The normalized spacial score (nSPS) is 17.9. The Balaban J connectivity index is 1.64. The Morgan fingerprint density at radius 1 is 1.15 bits per heavy atom. The molecule has 2 unspecified atom stereocenters. The maximum atomic E-state index is 3.86. The third kappa shape index (κ3) is 3.50. The first-order valence-corrected chi connectivity index (χ1v) is 8.40. The van der Waals surface area contributed by atoms with Crippen LogP contribution < -0.4 is 5.32 Å². The largest absolute Gasteiger partial charge is 0.307 e. The van der Waals surface area contributed by atoms with Crippen molar-refractivity contribution in [3.63, 3.8) is 0 Å². The monoisotopic (exact) mass is 285 g/mol. The second-order valence-electron chi connectivity index (χ2n) is 6.01. The van der Waals surface area contributed by atoms with Crippen molar-refractivity contribution in [2.75, 3.05) is 0 Å². The van der Waals surface area contributed by atoms with Crippen LogP contribution in [0.15, 0.2) is 42.5 Å². The minimum atomic E-state index is 0.527. The van der Waals surface area contributed by atoms with Crippen LogP contribution in [-0.2, 0) is 6.42 Å². The number of aryl methyl sites for hydroxylation is 1. The van der Waals surface area contributed by atoms with Crippen LogP contribution in [0.5, 0.6) is 0 Å². The number of rotatable bonds is 6. The number of nitrogens with one attached hydrogen (secondary N) is 1. The van der Waals surface area contributed by atoms with E-state index in [9.17, 15) is 0 Å². The summed E-state index contributed by atoms with van der Waals surface area (Å²) in [5, 5.41) is 3.86. The molecule has 1 aromatic carbocycles. The Bertz CT molecular complexity index is 542. The molecule has 1 N–H and O–H groups in total. The van der Waals surface area contributed by atoms with E-state index in [2.05, 4.69) is 61.6 Å². The molecule has 0 aliphatic heterocycles. The van der Waals surface area contributed by atoms with E-state index in [1.165, 1.54) is 28.2 Å². The smallest absolute Gasteiger partial charge is 0.0351 e. The zero-order valence-electron chi connectivity index (χ0n) is 12.3. The Morgan fingerprint density at radius 2 is 1.90 bits per heavy atom. The zero-order chi connectivity index (χ0) is 13.9. The summed E-state index contributed by atoms with van der Waals surface area (Å²) in [4.78, 5) is 2.90. The highest BCUT2D eigenvalue weighted by atomic mass is 32.1. The molecule has 1 fully saturated rings. The van der Waals surface area contributed by atoms with Crippen LogP contribution in [0.4, 0.5) is 0 Å². The zero-order valence-corrected chi connectivity index (χ0v) is 13.1. The fourth-order valence-corrected chi connectivity index (χ4v) is 3.88. The average molecular weight is 285 g/mol. The maximum absolute atomic E-state index is 3.86. The first-order valence-electron chi connectivity index (χ1n) is 7.58. The predicted molar refractivity (Wildman–Crippen MR) is 87.3 cm³/mol. The molecule has 0 spiro atoms. The van der Waals surface area contributed by atoms with E-state index in [0.29, 0.717) is 12.1 Å². The van der Waals surface area contributed by atoms with Crippen LogP contribution in [0.25, 0.3) is 0 Å². The lowest BCUT2D eigenvalue weighted by atomic mass is 10.0. The van der Waals surface area contributed by atoms with Crippen molar-refractivity contribution >= 4 is 11.3 Å². The summed E-state index contributed by atoms with van der Waals surface area (Å²) in [6, 6.07) is 16.5. The van der Waals surface area contributed by atoms with Gasteiger partial charge in [0.25, 0.3) is 0 Å². The van der Waals surface area contributed by atoms with Gasteiger partial charge in [0.15, 0.2) is 0 Å². The Kier molecular flexibility index (Phi) is 4.23. The van der Waals surface area contributed by atoms with E-state index in [1.54, 1.807) is 0 Å². The van der Waals surface area contributed by atoms with Crippen LogP contribution in [0.3, 0.4) is 0 Å². The standard InChI is InChI=1S/C18H23NS/c1-13(12-17-11-8-14(2)20-17)19-18(16-9-10-16)15-6-4-3-5-7-15/h3-8,11,13,16,18-19H,9-10,12H2,1-2H3. The topological polar surface area (TPSA) is 12.0 Å². The summed E-state index contributed by atoms with van der Waals surface area (Å²) in [6.07, 6.45) is 3.88. The highest BCUT2D eigenvalue weighted by Crippen LogP contribution is 2.41. The fraction of sp³-hybridized carbons (Fsp3) is 0.444. The summed E-state index contributed by atoms with van der Waals surface area (Å²) in [5.41, 5.74) is 1.45. The van der Waals surface area contributed by atoms with Crippen molar-refractivity contribution in [2.45, 2.75) is 45.2 Å². The lowest BCUT2D eigenvalue weighted by molar-refractivity contribution is 0.418. The molecule has 1 nitrogen and oxygen atoms in total. The number of benzene rings is 1. The van der Waals surface area contributed by atoms with Gasteiger partial charge >= 0.3 is 0 Å². The van der Waals surface area contributed by atoms with Gasteiger partial charge in [-0.1, -0.05) is 30.3 Å². The number of hydrogen-bond acceptors (Lipinski definition) is 2.